The molecule has 1 heterocycles. The molecule has 0 saturated heterocycles. The highest BCUT2D eigenvalue weighted by Gasteiger charge is 2.20. The molecule has 0 atom stereocenters. The van der Waals surface area contributed by atoms with Crippen molar-refractivity contribution >= 4 is 17.6 Å². The lowest BCUT2D eigenvalue weighted by Gasteiger charge is -2.24. The summed E-state index contributed by atoms with van der Waals surface area (Å²) in [6.45, 7) is 6.59. The van der Waals surface area contributed by atoms with Crippen molar-refractivity contribution in [2.24, 2.45) is 5.92 Å². The van der Waals surface area contributed by atoms with Gasteiger partial charge >= 0.3 is 0 Å². The lowest BCUT2D eigenvalue weighted by molar-refractivity contribution is -0.134. The smallest absolute Gasteiger partial charge is 0.245 e. The van der Waals surface area contributed by atoms with E-state index in [0.29, 0.717) is 12.4 Å². The summed E-state index contributed by atoms with van der Waals surface area (Å²) in [6, 6.07) is 29.3. The van der Waals surface area contributed by atoms with E-state index in [4.69, 9.17) is 5.10 Å². The van der Waals surface area contributed by atoms with Gasteiger partial charge in [0.2, 0.25) is 11.8 Å². The van der Waals surface area contributed by atoms with Gasteiger partial charge in [-0.05, 0) is 30.5 Å². The monoisotopic (exact) mass is 480 g/mol. The van der Waals surface area contributed by atoms with Gasteiger partial charge < -0.3 is 10.2 Å². The van der Waals surface area contributed by atoms with Gasteiger partial charge in [0.25, 0.3) is 0 Å². The zero-order valence-electron chi connectivity index (χ0n) is 21.0. The van der Waals surface area contributed by atoms with E-state index in [9.17, 15) is 9.59 Å². The summed E-state index contributed by atoms with van der Waals surface area (Å²) in [7, 11) is 0. The molecule has 0 saturated carbocycles. The third kappa shape index (κ3) is 6.48. The van der Waals surface area contributed by atoms with Gasteiger partial charge in [0.05, 0.1) is 24.3 Å². The third-order valence-corrected chi connectivity index (χ3v) is 5.80. The predicted molar refractivity (Wildman–Crippen MR) is 144 cm³/mol. The van der Waals surface area contributed by atoms with E-state index in [1.165, 1.54) is 0 Å². The minimum atomic E-state index is -0.259. The average Bonchev–Trinajstić information content (AvgIpc) is 3.28. The number of amides is 2. The molecule has 0 aliphatic rings. The number of benzene rings is 3. The Morgan fingerprint density at radius 3 is 2.19 bits per heavy atom. The summed E-state index contributed by atoms with van der Waals surface area (Å²) in [4.78, 5) is 27.9. The molecule has 4 rings (SSSR count). The summed E-state index contributed by atoms with van der Waals surface area (Å²) >= 11 is 0. The Morgan fingerprint density at radius 1 is 0.917 bits per heavy atom. The molecule has 0 aliphatic heterocycles. The van der Waals surface area contributed by atoms with Crippen LogP contribution in [0.5, 0.6) is 0 Å². The molecule has 0 aliphatic carbocycles. The fourth-order valence-corrected chi connectivity index (χ4v) is 4.04. The number of nitrogens with zero attached hydrogens (tertiary/aromatic N) is 3. The van der Waals surface area contributed by atoms with E-state index in [1.807, 2.05) is 112 Å². The molecule has 3 aromatic carbocycles. The molecule has 1 aromatic heterocycles. The lowest BCUT2D eigenvalue weighted by atomic mass is 10.1. The maximum absolute atomic E-state index is 13.2. The minimum Gasteiger partial charge on any atom is -0.333 e. The van der Waals surface area contributed by atoms with Crippen LogP contribution in [0.4, 0.5) is 5.82 Å². The summed E-state index contributed by atoms with van der Waals surface area (Å²) in [5.74, 6) is 0.468. The first-order valence-corrected chi connectivity index (χ1v) is 12.2. The quantitative estimate of drug-likeness (QED) is 0.343. The highest BCUT2D eigenvalue weighted by atomic mass is 16.2. The second-order valence-electron chi connectivity index (χ2n) is 9.41. The van der Waals surface area contributed by atoms with Crippen LogP contribution in [0.3, 0.4) is 0 Å². The molecule has 36 heavy (non-hydrogen) atoms. The van der Waals surface area contributed by atoms with Crippen LogP contribution in [0.2, 0.25) is 0 Å². The fraction of sp³-hybridized carbons (Fsp3) is 0.233. The molecule has 0 fully saturated rings. The Balaban J connectivity index is 1.56. The van der Waals surface area contributed by atoms with Crippen LogP contribution < -0.4 is 5.32 Å². The summed E-state index contributed by atoms with van der Waals surface area (Å²) < 4.78 is 1.73. The second-order valence-corrected chi connectivity index (χ2v) is 9.41. The lowest BCUT2D eigenvalue weighted by Crippen LogP contribution is -2.41. The third-order valence-electron chi connectivity index (χ3n) is 5.80. The largest absolute Gasteiger partial charge is 0.333 e. The SMILES string of the molecule is Cc1ccc(-n2nc(-c3ccccc3)cc2NC(=O)CN(CC(C)C)C(=O)Cc2ccccc2)cc1. The van der Waals surface area contributed by atoms with Crippen LogP contribution in [-0.2, 0) is 16.0 Å². The number of hydrogen-bond donors (Lipinski definition) is 1. The molecule has 184 valence electrons. The van der Waals surface area contributed by atoms with E-state index in [2.05, 4.69) is 5.32 Å². The number of carbonyl (C=O) groups excluding carboxylic acids is 2. The predicted octanol–water partition coefficient (Wildman–Crippen LogP) is 5.51. The van der Waals surface area contributed by atoms with Gasteiger partial charge in [0.15, 0.2) is 0 Å². The van der Waals surface area contributed by atoms with Crippen molar-refractivity contribution in [1.29, 1.82) is 0 Å². The minimum absolute atomic E-state index is 0.0242. The average molecular weight is 481 g/mol. The van der Waals surface area contributed by atoms with Gasteiger partial charge in [-0.3, -0.25) is 9.59 Å². The van der Waals surface area contributed by atoms with Crippen LogP contribution in [0.15, 0.2) is 91.0 Å². The van der Waals surface area contributed by atoms with Crippen LogP contribution in [0.1, 0.15) is 25.0 Å². The summed E-state index contributed by atoms with van der Waals surface area (Å²) in [5.41, 5.74) is 4.63. The van der Waals surface area contributed by atoms with E-state index in [0.717, 1.165) is 28.1 Å². The van der Waals surface area contributed by atoms with Crippen LogP contribution in [0.25, 0.3) is 16.9 Å². The number of carbonyl (C=O) groups is 2. The molecular weight excluding hydrogens is 448 g/mol. The Kier molecular flexibility index (Phi) is 7.95. The first kappa shape index (κ1) is 24.9. The van der Waals surface area contributed by atoms with Crippen molar-refractivity contribution in [2.45, 2.75) is 27.2 Å². The van der Waals surface area contributed by atoms with Gasteiger partial charge in [0.1, 0.15) is 5.82 Å². The van der Waals surface area contributed by atoms with Crippen molar-refractivity contribution in [2.75, 3.05) is 18.4 Å². The molecular formula is C30H32N4O2. The number of aryl methyl sites for hydroxylation is 1. The highest BCUT2D eigenvalue weighted by Crippen LogP contribution is 2.25. The van der Waals surface area contributed by atoms with E-state index in [-0.39, 0.29) is 30.7 Å². The normalized spacial score (nSPS) is 10.9. The number of nitrogens with one attached hydrogen (secondary N) is 1. The van der Waals surface area contributed by atoms with Gasteiger partial charge in [-0.15, -0.1) is 0 Å². The van der Waals surface area contributed by atoms with E-state index < -0.39 is 0 Å². The second kappa shape index (κ2) is 11.5. The van der Waals surface area contributed by atoms with Crippen LogP contribution >= 0.6 is 0 Å². The van der Waals surface area contributed by atoms with Gasteiger partial charge in [-0.25, -0.2) is 4.68 Å². The number of anilines is 1. The maximum atomic E-state index is 13.2. The molecule has 0 bridgehead atoms. The Hall–Kier alpha value is -4.19. The number of rotatable bonds is 9. The van der Waals surface area contributed by atoms with E-state index >= 15 is 0 Å². The molecule has 1 N–H and O–H groups in total. The topological polar surface area (TPSA) is 67.2 Å². The van der Waals surface area contributed by atoms with Crippen molar-refractivity contribution in [3.05, 3.63) is 102 Å². The number of aromatic nitrogens is 2. The van der Waals surface area contributed by atoms with Crippen LogP contribution in [-0.4, -0.2) is 39.6 Å². The van der Waals surface area contributed by atoms with Crippen molar-refractivity contribution in [1.82, 2.24) is 14.7 Å². The molecule has 6 heteroatoms. The standard InChI is InChI=1S/C30H32N4O2/c1-22(2)20-33(30(36)18-24-10-6-4-7-11-24)21-29(35)31-28-19-27(25-12-8-5-9-13-25)32-34(28)26-16-14-23(3)15-17-26/h4-17,19,22H,18,20-21H2,1-3H3,(H,31,35). The van der Waals surface area contributed by atoms with Crippen molar-refractivity contribution < 1.29 is 9.59 Å². The first-order chi connectivity index (χ1) is 17.4. The fourth-order valence-electron chi connectivity index (χ4n) is 4.04. The van der Waals surface area contributed by atoms with Gasteiger partial charge in [-0.1, -0.05) is 92.2 Å². The van der Waals surface area contributed by atoms with E-state index in [1.54, 1.807) is 9.58 Å². The molecule has 6 nitrogen and oxygen atoms in total. The summed E-state index contributed by atoms with van der Waals surface area (Å²) in [5, 5.41) is 7.78. The first-order valence-electron chi connectivity index (χ1n) is 12.2. The Labute approximate surface area is 212 Å². The van der Waals surface area contributed by atoms with Crippen molar-refractivity contribution in [3.63, 3.8) is 0 Å². The number of hydrogen-bond acceptors (Lipinski definition) is 3. The molecule has 0 spiro atoms. The Morgan fingerprint density at radius 2 is 1.56 bits per heavy atom. The molecule has 4 aromatic rings. The maximum Gasteiger partial charge on any atom is 0.245 e. The Bertz CT molecular complexity index is 1300. The van der Waals surface area contributed by atoms with Gasteiger partial charge in [-0.2, -0.15) is 5.10 Å². The van der Waals surface area contributed by atoms with Gasteiger partial charge in [0, 0.05) is 18.2 Å². The zero-order valence-corrected chi connectivity index (χ0v) is 21.0. The van der Waals surface area contributed by atoms with Crippen molar-refractivity contribution in [3.8, 4) is 16.9 Å². The van der Waals surface area contributed by atoms with Crippen LogP contribution in [0, 0.1) is 12.8 Å². The molecule has 0 radical (unpaired) electrons. The zero-order chi connectivity index (χ0) is 25.5. The summed E-state index contributed by atoms with van der Waals surface area (Å²) in [6.07, 6.45) is 0.264. The highest BCUT2D eigenvalue weighted by molar-refractivity contribution is 5.95. The molecule has 0 unspecified atom stereocenters. The molecule has 2 amide bonds.